The molecule has 0 unspecified atom stereocenters. The van der Waals surface area contributed by atoms with Gasteiger partial charge in [-0.25, -0.2) is 0 Å². The number of alkyl halides is 3. The number of nitrogens with one attached hydrogen (secondary N) is 2. The van der Waals surface area contributed by atoms with Gasteiger partial charge in [0.05, 0.1) is 22.5 Å². The van der Waals surface area contributed by atoms with Gasteiger partial charge in [-0.1, -0.05) is 30.9 Å². The fraction of sp³-hybridized carbons (Fsp3) is 0.438. The van der Waals surface area contributed by atoms with Crippen LogP contribution in [0, 0.1) is 0 Å². The maximum Gasteiger partial charge on any atom is 0.416 e. The number of rotatable bonds is 4. The third-order valence-corrected chi connectivity index (χ3v) is 4.38. The zero-order valence-electron chi connectivity index (χ0n) is 13.3. The van der Waals surface area contributed by atoms with Crippen molar-refractivity contribution in [1.29, 1.82) is 0 Å². The smallest absolute Gasteiger partial charge is 0.350 e. The first-order chi connectivity index (χ1) is 11.9. The van der Waals surface area contributed by atoms with E-state index in [0.29, 0.717) is 12.0 Å². The third-order valence-electron chi connectivity index (χ3n) is 4.05. The summed E-state index contributed by atoms with van der Waals surface area (Å²) < 4.78 is 38.5. The molecule has 0 aliphatic heterocycles. The molecule has 0 bridgehead atoms. The van der Waals surface area contributed by atoms with E-state index in [1.807, 2.05) is 0 Å². The van der Waals surface area contributed by atoms with Gasteiger partial charge in [-0.2, -0.15) is 23.3 Å². The van der Waals surface area contributed by atoms with Crippen molar-refractivity contribution < 1.29 is 13.2 Å². The Morgan fingerprint density at radius 2 is 1.88 bits per heavy atom. The summed E-state index contributed by atoms with van der Waals surface area (Å²) in [5, 5.41) is 13.9. The molecule has 9 heteroatoms. The van der Waals surface area contributed by atoms with Gasteiger partial charge in [-0.15, -0.1) is 5.10 Å². The van der Waals surface area contributed by atoms with Crippen molar-refractivity contribution in [2.24, 2.45) is 0 Å². The second-order valence-electron chi connectivity index (χ2n) is 5.96. The maximum absolute atomic E-state index is 12.8. The molecule has 2 N–H and O–H groups in total. The molecule has 3 rings (SSSR count). The summed E-state index contributed by atoms with van der Waals surface area (Å²) in [6.45, 7) is 0. The Hall–Kier alpha value is -2.09. The molecule has 1 saturated carbocycles. The van der Waals surface area contributed by atoms with Crippen molar-refractivity contribution in [3.05, 3.63) is 35.0 Å². The van der Waals surface area contributed by atoms with Crippen molar-refractivity contribution in [2.75, 3.05) is 10.6 Å². The lowest BCUT2D eigenvalue weighted by Gasteiger charge is -2.22. The number of anilines is 3. The molecule has 0 spiro atoms. The maximum atomic E-state index is 12.8. The Morgan fingerprint density at radius 1 is 1.12 bits per heavy atom. The molecule has 1 aliphatic carbocycles. The summed E-state index contributed by atoms with van der Waals surface area (Å²) in [5.74, 6) is 0.620. The number of benzene rings is 1. The van der Waals surface area contributed by atoms with E-state index in [9.17, 15) is 13.2 Å². The molecule has 0 amide bonds. The van der Waals surface area contributed by atoms with Crippen LogP contribution in [-0.4, -0.2) is 21.2 Å². The lowest BCUT2D eigenvalue weighted by molar-refractivity contribution is -0.137. The molecule has 0 atom stereocenters. The normalized spacial score (nSPS) is 15.8. The van der Waals surface area contributed by atoms with Gasteiger partial charge in [0.15, 0.2) is 5.82 Å². The van der Waals surface area contributed by atoms with E-state index < -0.39 is 11.7 Å². The standard InChI is InChI=1S/C16H17ClF3N5/c17-12-7-6-10(16(18,19)20)8-13(12)23-14-9-21-25-15(24-14)22-11-4-2-1-3-5-11/h6-9,11H,1-5H2,(H2,22,23,24,25). The Bertz CT molecular complexity index is 732. The molecular weight excluding hydrogens is 355 g/mol. The molecule has 1 heterocycles. The van der Waals surface area contributed by atoms with Crippen LogP contribution >= 0.6 is 11.6 Å². The van der Waals surface area contributed by atoms with Crippen molar-refractivity contribution in [3.63, 3.8) is 0 Å². The van der Waals surface area contributed by atoms with Gasteiger partial charge in [0.2, 0.25) is 5.95 Å². The molecular formula is C16H17ClF3N5. The summed E-state index contributed by atoms with van der Waals surface area (Å²) in [5.41, 5.74) is -0.678. The minimum atomic E-state index is -4.45. The van der Waals surface area contributed by atoms with Crippen molar-refractivity contribution >= 4 is 29.1 Å². The van der Waals surface area contributed by atoms with Gasteiger partial charge in [0, 0.05) is 6.04 Å². The highest BCUT2D eigenvalue weighted by Crippen LogP contribution is 2.34. The number of hydrogen-bond acceptors (Lipinski definition) is 5. The number of nitrogens with zero attached hydrogens (tertiary/aromatic N) is 3. The lowest BCUT2D eigenvalue weighted by atomic mass is 9.96. The number of halogens is 4. The Balaban J connectivity index is 1.75. The largest absolute Gasteiger partial charge is 0.416 e. The van der Waals surface area contributed by atoms with Crippen LogP contribution in [0.25, 0.3) is 0 Å². The fourth-order valence-electron chi connectivity index (χ4n) is 2.79. The lowest BCUT2D eigenvalue weighted by Crippen LogP contribution is -2.23. The minimum absolute atomic E-state index is 0.112. The fourth-order valence-corrected chi connectivity index (χ4v) is 2.95. The first-order valence-corrected chi connectivity index (χ1v) is 8.39. The monoisotopic (exact) mass is 371 g/mol. The number of hydrogen-bond donors (Lipinski definition) is 2. The third kappa shape index (κ3) is 4.72. The quantitative estimate of drug-likeness (QED) is 0.789. The van der Waals surface area contributed by atoms with Crippen LogP contribution in [0.5, 0.6) is 0 Å². The van der Waals surface area contributed by atoms with Crippen molar-refractivity contribution in [3.8, 4) is 0 Å². The Labute approximate surface area is 148 Å². The van der Waals surface area contributed by atoms with Crippen LogP contribution in [0.2, 0.25) is 5.02 Å². The van der Waals surface area contributed by atoms with E-state index in [2.05, 4.69) is 25.8 Å². The van der Waals surface area contributed by atoms with Crippen LogP contribution in [-0.2, 0) is 6.18 Å². The van der Waals surface area contributed by atoms with Crippen LogP contribution in [0.1, 0.15) is 37.7 Å². The molecule has 0 saturated heterocycles. The average Bonchev–Trinajstić information content (AvgIpc) is 2.57. The summed E-state index contributed by atoms with van der Waals surface area (Å²) in [7, 11) is 0. The number of aromatic nitrogens is 3. The Kier molecular flexibility index (Phi) is 5.27. The van der Waals surface area contributed by atoms with Gasteiger partial charge in [0.1, 0.15) is 0 Å². The zero-order valence-corrected chi connectivity index (χ0v) is 14.0. The van der Waals surface area contributed by atoms with Crippen LogP contribution in [0.3, 0.4) is 0 Å². The molecule has 2 aromatic rings. The van der Waals surface area contributed by atoms with E-state index in [0.717, 1.165) is 37.8 Å². The molecule has 25 heavy (non-hydrogen) atoms. The van der Waals surface area contributed by atoms with Gasteiger partial charge >= 0.3 is 6.18 Å². The second-order valence-corrected chi connectivity index (χ2v) is 6.37. The van der Waals surface area contributed by atoms with Gasteiger partial charge < -0.3 is 10.6 Å². The summed E-state index contributed by atoms with van der Waals surface area (Å²) in [6.07, 6.45) is 2.51. The van der Waals surface area contributed by atoms with Gasteiger partial charge in [-0.3, -0.25) is 0 Å². The first-order valence-electron chi connectivity index (χ1n) is 8.02. The second kappa shape index (κ2) is 7.43. The molecule has 0 radical (unpaired) electrons. The SMILES string of the molecule is FC(F)(F)c1ccc(Cl)c(Nc2cnnc(NC3CCCCC3)n2)c1. The molecule has 134 valence electrons. The molecule has 1 fully saturated rings. The van der Waals surface area contributed by atoms with E-state index in [1.54, 1.807) is 0 Å². The van der Waals surface area contributed by atoms with Crippen molar-refractivity contribution in [2.45, 2.75) is 44.3 Å². The minimum Gasteiger partial charge on any atom is -0.350 e. The van der Waals surface area contributed by atoms with E-state index in [1.165, 1.54) is 18.7 Å². The topological polar surface area (TPSA) is 62.7 Å². The molecule has 1 aliphatic rings. The average molecular weight is 372 g/mol. The van der Waals surface area contributed by atoms with E-state index >= 15 is 0 Å². The van der Waals surface area contributed by atoms with E-state index in [-0.39, 0.29) is 16.5 Å². The van der Waals surface area contributed by atoms with Gasteiger partial charge in [0.25, 0.3) is 0 Å². The van der Waals surface area contributed by atoms with Crippen LogP contribution in [0.4, 0.5) is 30.6 Å². The highest BCUT2D eigenvalue weighted by Gasteiger charge is 2.31. The van der Waals surface area contributed by atoms with E-state index in [4.69, 9.17) is 11.6 Å². The van der Waals surface area contributed by atoms with Crippen LogP contribution in [0.15, 0.2) is 24.4 Å². The van der Waals surface area contributed by atoms with Gasteiger partial charge in [-0.05, 0) is 31.0 Å². The predicted molar refractivity (Wildman–Crippen MR) is 90.1 cm³/mol. The zero-order chi connectivity index (χ0) is 17.9. The summed E-state index contributed by atoms with van der Waals surface area (Å²) >= 11 is 5.98. The van der Waals surface area contributed by atoms with Crippen LogP contribution < -0.4 is 10.6 Å². The summed E-state index contributed by atoms with van der Waals surface area (Å²) in [4.78, 5) is 4.26. The molecule has 5 nitrogen and oxygen atoms in total. The highest BCUT2D eigenvalue weighted by atomic mass is 35.5. The Morgan fingerprint density at radius 3 is 2.60 bits per heavy atom. The molecule has 1 aromatic heterocycles. The first kappa shape index (κ1) is 17.7. The molecule has 1 aromatic carbocycles. The summed E-state index contributed by atoms with van der Waals surface area (Å²) in [6, 6.07) is 3.37. The van der Waals surface area contributed by atoms with Crippen molar-refractivity contribution in [1.82, 2.24) is 15.2 Å². The highest BCUT2D eigenvalue weighted by molar-refractivity contribution is 6.33. The predicted octanol–water partition coefficient (Wildman–Crippen LogP) is 5.03.